The molecule has 0 radical (unpaired) electrons. The first kappa shape index (κ1) is 15.4. The summed E-state index contributed by atoms with van der Waals surface area (Å²) in [5.41, 5.74) is 1.09. The van der Waals surface area contributed by atoms with E-state index in [1.54, 1.807) is 6.26 Å². The summed E-state index contributed by atoms with van der Waals surface area (Å²) < 4.78 is 43.3. The Morgan fingerprint density at radius 1 is 1.35 bits per heavy atom. The van der Waals surface area contributed by atoms with Crippen LogP contribution in [0.1, 0.15) is 31.1 Å². The van der Waals surface area contributed by atoms with Gasteiger partial charge in [0, 0.05) is 12.1 Å². The van der Waals surface area contributed by atoms with E-state index in [-0.39, 0.29) is 12.8 Å². The van der Waals surface area contributed by atoms with Gasteiger partial charge in [-0.25, -0.2) is 0 Å². The average molecular weight is 290 g/mol. The highest BCUT2D eigenvalue weighted by molar-refractivity contribution is 5.16. The molecule has 0 bridgehead atoms. The van der Waals surface area contributed by atoms with E-state index in [0.29, 0.717) is 19.6 Å². The molecule has 6 heteroatoms. The fourth-order valence-corrected chi connectivity index (χ4v) is 2.54. The lowest BCUT2D eigenvalue weighted by Crippen LogP contribution is -2.38. The predicted molar refractivity (Wildman–Crippen MR) is 70.1 cm³/mol. The Bertz CT molecular complexity index is 409. The Balaban J connectivity index is 1.85. The smallest absolute Gasteiger partial charge is 0.391 e. The summed E-state index contributed by atoms with van der Waals surface area (Å²) in [7, 11) is 0. The highest BCUT2D eigenvalue weighted by atomic mass is 19.4. The first-order valence-corrected chi connectivity index (χ1v) is 7.05. The molecule has 0 saturated carbocycles. The molecule has 0 spiro atoms. The number of rotatable bonds is 5. The van der Waals surface area contributed by atoms with E-state index in [1.807, 2.05) is 17.9 Å². The second-order valence-electron chi connectivity index (χ2n) is 5.24. The molecule has 3 nitrogen and oxygen atoms in total. The van der Waals surface area contributed by atoms with Crippen LogP contribution in [0.25, 0.3) is 0 Å². The Hall–Kier alpha value is -1.01. The number of furan rings is 1. The standard InChI is InChI=1S/C14H21F3N2O/c1-2-18-9-11-5-8-20-13(11)10-19-6-3-12(4-7-19)14(15,16)17/h5,8,12,18H,2-4,6-7,9-10H2,1H3. The minimum Gasteiger partial charge on any atom is -0.468 e. The summed E-state index contributed by atoms with van der Waals surface area (Å²) in [4.78, 5) is 2.04. The molecule has 1 aliphatic heterocycles. The lowest BCUT2D eigenvalue weighted by atomic mass is 9.96. The number of hydrogen-bond donors (Lipinski definition) is 1. The van der Waals surface area contributed by atoms with Gasteiger partial charge in [0.05, 0.1) is 18.7 Å². The number of likely N-dealkylation sites (tertiary alicyclic amines) is 1. The molecule has 1 fully saturated rings. The molecular weight excluding hydrogens is 269 g/mol. The third-order valence-electron chi connectivity index (χ3n) is 3.82. The van der Waals surface area contributed by atoms with Gasteiger partial charge in [0.25, 0.3) is 0 Å². The maximum absolute atomic E-state index is 12.6. The normalized spacial score (nSPS) is 18.6. The molecule has 1 saturated heterocycles. The zero-order valence-electron chi connectivity index (χ0n) is 11.7. The Labute approximate surface area is 117 Å². The number of nitrogens with zero attached hydrogens (tertiary/aromatic N) is 1. The highest BCUT2D eigenvalue weighted by Crippen LogP contribution is 2.34. The van der Waals surface area contributed by atoms with E-state index in [9.17, 15) is 13.2 Å². The molecule has 1 aromatic rings. The molecular formula is C14H21F3N2O. The van der Waals surface area contributed by atoms with Crippen LogP contribution in [0.4, 0.5) is 13.2 Å². The molecule has 0 aromatic carbocycles. The summed E-state index contributed by atoms with van der Waals surface area (Å²) in [5, 5.41) is 3.23. The van der Waals surface area contributed by atoms with Gasteiger partial charge in [-0.2, -0.15) is 13.2 Å². The van der Waals surface area contributed by atoms with E-state index in [0.717, 1.165) is 24.4 Å². The predicted octanol–water partition coefficient (Wildman–Crippen LogP) is 3.16. The van der Waals surface area contributed by atoms with Gasteiger partial charge in [0.2, 0.25) is 0 Å². The van der Waals surface area contributed by atoms with Crippen LogP contribution < -0.4 is 5.32 Å². The zero-order valence-corrected chi connectivity index (χ0v) is 11.7. The summed E-state index contributed by atoms with van der Waals surface area (Å²) in [6.07, 6.45) is -2.03. The van der Waals surface area contributed by atoms with Crippen LogP contribution in [0.2, 0.25) is 0 Å². The van der Waals surface area contributed by atoms with Crippen molar-refractivity contribution in [2.24, 2.45) is 5.92 Å². The molecule has 114 valence electrons. The third kappa shape index (κ3) is 3.99. The maximum Gasteiger partial charge on any atom is 0.391 e. The summed E-state index contributed by atoms with van der Waals surface area (Å²) >= 11 is 0. The van der Waals surface area contributed by atoms with Gasteiger partial charge in [-0.3, -0.25) is 4.90 Å². The molecule has 2 rings (SSSR count). The quantitative estimate of drug-likeness (QED) is 0.903. The molecule has 0 unspecified atom stereocenters. The number of piperidine rings is 1. The van der Waals surface area contributed by atoms with E-state index < -0.39 is 12.1 Å². The second-order valence-corrected chi connectivity index (χ2v) is 5.24. The molecule has 0 amide bonds. The third-order valence-corrected chi connectivity index (χ3v) is 3.82. The number of hydrogen-bond acceptors (Lipinski definition) is 3. The van der Waals surface area contributed by atoms with Crippen LogP contribution in [0.5, 0.6) is 0 Å². The van der Waals surface area contributed by atoms with Gasteiger partial charge in [0.1, 0.15) is 5.76 Å². The first-order valence-electron chi connectivity index (χ1n) is 7.05. The fraction of sp³-hybridized carbons (Fsp3) is 0.714. The van der Waals surface area contributed by atoms with Crippen molar-refractivity contribution in [3.05, 3.63) is 23.7 Å². The largest absolute Gasteiger partial charge is 0.468 e. The highest BCUT2D eigenvalue weighted by Gasteiger charge is 2.41. The van der Waals surface area contributed by atoms with Gasteiger partial charge < -0.3 is 9.73 Å². The molecule has 1 N–H and O–H groups in total. The molecule has 0 atom stereocenters. The lowest BCUT2D eigenvalue weighted by molar-refractivity contribution is -0.185. The molecule has 1 aliphatic rings. The van der Waals surface area contributed by atoms with Gasteiger partial charge in [-0.15, -0.1) is 0 Å². The Morgan fingerprint density at radius 3 is 2.65 bits per heavy atom. The van der Waals surface area contributed by atoms with E-state index in [2.05, 4.69) is 5.32 Å². The Kier molecular flexibility index (Phi) is 5.10. The van der Waals surface area contributed by atoms with Crippen molar-refractivity contribution in [3.63, 3.8) is 0 Å². The van der Waals surface area contributed by atoms with Gasteiger partial charge >= 0.3 is 6.18 Å². The van der Waals surface area contributed by atoms with E-state index in [4.69, 9.17) is 4.42 Å². The van der Waals surface area contributed by atoms with Gasteiger partial charge in [-0.05, 0) is 38.5 Å². The van der Waals surface area contributed by atoms with Crippen molar-refractivity contribution in [3.8, 4) is 0 Å². The minimum atomic E-state index is -4.05. The van der Waals surface area contributed by atoms with Crippen LogP contribution in [-0.2, 0) is 13.1 Å². The number of alkyl halides is 3. The molecule has 0 aliphatic carbocycles. The van der Waals surface area contributed by atoms with Crippen LogP contribution in [0.3, 0.4) is 0 Å². The summed E-state index contributed by atoms with van der Waals surface area (Å²) in [6.45, 7) is 5.19. The van der Waals surface area contributed by atoms with Crippen LogP contribution in [-0.4, -0.2) is 30.7 Å². The van der Waals surface area contributed by atoms with Crippen LogP contribution in [0, 0.1) is 5.92 Å². The molecule has 20 heavy (non-hydrogen) atoms. The maximum atomic E-state index is 12.6. The van der Waals surface area contributed by atoms with Crippen molar-refractivity contribution in [2.75, 3.05) is 19.6 Å². The van der Waals surface area contributed by atoms with Crippen molar-refractivity contribution in [2.45, 2.75) is 39.0 Å². The van der Waals surface area contributed by atoms with E-state index >= 15 is 0 Å². The zero-order chi connectivity index (χ0) is 14.6. The van der Waals surface area contributed by atoms with E-state index in [1.165, 1.54) is 0 Å². The molecule has 2 heterocycles. The summed E-state index contributed by atoms with van der Waals surface area (Å²) in [5.74, 6) is -0.284. The van der Waals surface area contributed by atoms with Gasteiger partial charge in [0.15, 0.2) is 0 Å². The van der Waals surface area contributed by atoms with Crippen molar-refractivity contribution >= 4 is 0 Å². The Morgan fingerprint density at radius 2 is 2.05 bits per heavy atom. The fourth-order valence-electron chi connectivity index (χ4n) is 2.54. The lowest BCUT2D eigenvalue weighted by Gasteiger charge is -2.32. The van der Waals surface area contributed by atoms with Crippen LogP contribution in [0.15, 0.2) is 16.7 Å². The van der Waals surface area contributed by atoms with Crippen molar-refractivity contribution in [1.82, 2.24) is 10.2 Å². The van der Waals surface area contributed by atoms with Gasteiger partial charge in [-0.1, -0.05) is 6.92 Å². The monoisotopic (exact) mass is 290 g/mol. The number of nitrogens with one attached hydrogen (secondary N) is 1. The van der Waals surface area contributed by atoms with Crippen molar-refractivity contribution < 1.29 is 17.6 Å². The van der Waals surface area contributed by atoms with Crippen molar-refractivity contribution in [1.29, 1.82) is 0 Å². The summed E-state index contributed by atoms with van der Waals surface area (Å²) in [6, 6.07) is 1.92. The number of halogens is 3. The minimum absolute atomic E-state index is 0.187. The average Bonchev–Trinajstić information content (AvgIpc) is 2.83. The SMILES string of the molecule is CCNCc1ccoc1CN1CCC(C(F)(F)F)CC1. The topological polar surface area (TPSA) is 28.4 Å². The molecule has 1 aromatic heterocycles. The second kappa shape index (κ2) is 6.63. The van der Waals surface area contributed by atoms with Crippen LogP contribution >= 0.6 is 0 Å². The first-order chi connectivity index (χ1) is 9.50.